The second-order valence-electron chi connectivity index (χ2n) is 7.85. The van der Waals surface area contributed by atoms with Crippen molar-refractivity contribution in [3.05, 3.63) is 70.8 Å². The van der Waals surface area contributed by atoms with Crippen LogP contribution in [0.5, 0.6) is 0 Å². The standard InChI is InChI=1S/C32H22N8/c1-4-7-8-9-32(39(5-2)28-14-10-24(11-15-28)30(22-37)26(18-33)19-34)40(6-3)29-16-12-25(13-17-29)31(23-38)27(20-35)21-36/h10-17,32H,5-6H2,1-3H3. The lowest BCUT2D eigenvalue weighted by molar-refractivity contribution is 0.669. The van der Waals surface area contributed by atoms with Gasteiger partial charge in [0.05, 0.1) is 11.1 Å². The van der Waals surface area contributed by atoms with Gasteiger partial charge in [-0.15, -0.1) is 0 Å². The van der Waals surface area contributed by atoms with E-state index in [4.69, 9.17) is 0 Å². The second kappa shape index (κ2) is 15.0. The third-order valence-corrected chi connectivity index (χ3v) is 5.81. The minimum absolute atomic E-state index is 0.00572. The van der Waals surface area contributed by atoms with E-state index >= 15 is 0 Å². The average Bonchev–Trinajstić information content (AvgIpc) is 3.00. The Morgan fingerprint density at radius 1 is 0.600 bits per heavy atom. The number of rotatable bonds is 8. The van der Waals surface area contributed by atoms with Gasteiger partial charge in [0, 0.05) is 24.5 Å². The van der Waals surface area contributed by atoms with E-state index in [9.17, 15) is 31.6 Å². The molecule has 0 bridgehead atoms. The molecular formula is C32H22N8. The quantitative estimate of drug-likeness (QED) is 0.268. The lowest BCUT2D eigenvalue weighted by Crippen LogP contribution is -2.48. The van der Waals surface area contributed by atoms with Crippen LogP contribution in [0.1, 0.15) is 31.9 Å². The highest BCUT2D eigenvalue weighted by molar-refractivity contribution is 5.85. The van der Waals surface area contributed by atoms with Gasteiger partial charge in [0.15, 0.2) is 6.17 Å². The van der Waals surface area contributed by atoms with Crippen LogP contribution in [-0.4, -0.2) is 19.3 Å². The zero-order chi connectivity index (χ0) is 29.5. The van der Waals surface area contributed by atoms with Gasteiger partial charge in [-0.3, -0.25) is 0 Å². The summed E-state index contributed by atoms with van der Waals surface area (Å²) in [6.07, 6.45) is -0.466. The molecule has 0 N–H and O–H groups in total. The smallest absolute Gasteiger partial charge is 0.167 e. The van der Waals surface area contributed by atoms with Gasteiger partial charge >= 0.3 is 0 Å². The number of hydrogen-bond donors (Lipinski definition) is 0. The summed E-state index contributed by atoms with van der Waals surface area (Å²) in [4.78, 5) is 4.09. The molecule has 0 fully saturated rings. The first-order valence-corrected chi connectivity index (χ1v) is 12.0. The molecule has 40 heavy (non-hydrogen) atoms. The summed E-state index contributed by atoms with van der Waals surface area (Å²) < 4.78 is 0. The van der Waals surface area contributed by atoms with Gasteiger partial charge in [-0.25, -0.2) is 0 Å². The fraction of sp³-hybridized carbons (Fsp3) is 0.188. The van der Waals surface area contributed by atoms with E-state index in [-0.39, 0.29) is 22.3 Å². The van der Waals surface area contributed by atoms with Crippen molar-refractivity contribution in [1.29, 1.82) is 31.6 Å². The van der Waals surface area contributed by atoms with Crippen LogP contribution in [0.4, 0.5) is 11.4 Å². The molecule has 0 spiro atoms. The van der Waals surface area contributed by atoms with Crippen LogP contribution in [0, 0.1) is 91.7 Å². The zero-order valence-corrected chi connectivity index (χ0v) is 22.2. The molecule has 190 valence electrons. The number of anilines is 2. The van der Waals surface area contributed by atoms with Crippen LogP contribution < -0.4 is 9.80 Å². The first-order chi connectivity index (χ1) is 19.5. The van der Waals surface area contributed by atoms with E-state index in [1.807, 2.05) is 35.8 Å². The Bertz CT molecular complexity index is 1550. The third-order valence-electron chi connectivity index (χ3n) is 5.81. The SMILES string of the molecule is CC#CC#CC(N(CC)c1ccc(C(C#N)=C(C#N)C#N)cc1)N(CC)c1ccc(C(C#N)=C(C#N)C#N)cc1. The van der Waals surface area contributed by atoms with Gasteiger partial charge in [0.2, 0.25) is 0 Å². The highest BCUT2D eigenvalue weighted by atomic mass is 15.3. The average molecular weight is 519 g/mol. The third kappa shape index (κ3) is 6.66. The van der Waals surface area contributed by atoms with Gasteiger partial charge in [-0.05, 0) is 73.9 Å². The Labute approximate surface area is 234 Å². The number of benzene rings is 2. The van der Waals surface area contributed by atoms with Crippen LogP contribution in [0.15, 0.2) is 59.7 Å². The molecule has 8 heteroatoms. The summed E-state index contributed by atoms with van der Waals surface area (Å²) in [6, 6.07) is 24.9. The molecule has 0 heterocycles. The van der Waals surface area contributed by atoms with Crippen LogP contribution in [-0.2, 0) is 0 Å². The molecule has 0 aromatic heterocycles. The summed E-state index contributed by atoms with van der Waals surface area (Å²) >= 11 is 0. The monoisotopic (exact) mass is 518 g/mol. The first kappa shape index (κ1) is 29.8. The highest BCUT2D eigenvalue weighted by Gasteiger charge is 2.23. The van der Waals surface area contributed by atoms with E-state index in [0.29, 0.717) is 24.2 Å². The van der Waals surface area contributed by atoms with Crippen molar-refractivity contribution < 1.29 is 0 Å². The molecule has 0 aliphatic rings. The summed E-state index contributed by atoms with van der Waals surface area (Å²) in [5.74, 6) is 11.7. The van der Waals surface area contributed by atoms with Crippen LogP contribution >= 0.6 is 0 Å². The summed E-state index contributed by atoms with van der Waals surface area (Å²) in [7, 11) is 0. The van der Waals surface area contributed by atoms with Crippen molar-refractivity contribution in [3.63, 3.8) is 0 Å². The minimum atomic E-state index is -0.466. The molecule has 2 aromatic rings. The topological polar surface area (TPSA) is 149 Å². The van der Waals surface area contributed by atoms with Crippen molar-refractivity contribution in [1.82, 2.24) is 0 Å². The molecule has 2 aromatic carbocycles. The maximum Gasteiger partial charge on any atom is 0.167 e. The van der Waals surface area contributed by atoms with E-state index in [1.54, 1.807) is 79.7 Å². The predicted molar refractivity (Wildman–Crippen MR) is 151 cm³/mol. The Morgan fingerprint density at radius 2 is 0.975 bits per heavy atom. The minimum Gasteiger partial charge on any atom is -0.341 e. The van der Waals surface area contributed by atoms with Gasteiger partial charge in [-0.2, -0.15) is 31.6 Å². The zero-order valence-electron chi connectivity index (χ0n) is 22.2. The van der Waals surface area contributed by atoms with E-state index in [1.165, 1.54) is 0 Å². The maximum atomic E-state index is 9.49. The normalized spacial score (nSPS) is 8.75. The predicted octanol–water partition coefficient (Wildman–Crippen LogP) is 5.04. The summed E-state index contributed by atoms with van der Waals surface area (Å²) in [6.45, 7) is 6.77. The van der Waals surface area contributed by atoms with Crippen molar-refractivity contribution >= 4 is 22.5 Å². The molecule has 0 radical (unpaired) electrons. The Hall–Kier alpha value is -6.42. The van der Waals surface area contributed by atoms with Gasteiger partial charge < -0.3 is 9.80 Å². The molecule has 0 aliphatic carbocycles. The molecule has 8 nitrogen and oxygen atoms in total. The van der Waals surface area contributed by atoms with E-state index in [0.717, 1.165) is 11.4 Å². The van der Waals surface area contributed by atoms with E-state index < -0.39 is 6.17 Å². The molecule has 0 aliphatic heterocycles. The van der Waals surface area contributed by atoms with E-state index in [2.05, 4.69) is 23.7 Å². The number of allylic oxidation sites excluding steroid dienone is 4. The van der Waals surface area contributed by atoms with Crippen LogP contribution in [0.25, 0.3) is 11.1 Å². The largest absolute Gasteiger partial charge is 0.341 e. The first-order valence-electron chi connectivity index (χ1n) is 12.0. The molecule has 2 rings (SSSR count). The van der Waals surface area contributed by atoms with Crippen molar-refractivity contribution in [2.45, 2.75) is 26.9 Å². The lowest BCUT2D eigenvalue weighted by Gasteiger charge is -2.38. The molecule has 0 atom stereocenters. The van der Waals surface area contributed by atoms with Crippen LogP contribution in [0.3, 0.4) is 0 Å². The molecule has 0 saturated heterocycles. The summed E-state index contributed by atoms with van der Waals surface area (Å²) in [5.41, 5.74) is 2.00. The lowest BCUT2D eigenvalue weighted by atomic mass is 10.0. The van der Waals surface area contributed by atoms with Gasteiger partial charge in [0.1, 0.15) is 47.6 Å². The van der Waals surface area contributed by atoms with Crippen molar-refractivity contribution in [3.8, 4) is 60.1 Å². The Kier molecular flexibility index (Phi) is 11.2. The Balaban J connectivity index is 2.61. The number of nitriles is 6. The second-order valence-corrected chi connectivity index (χ2v) is 7.85. The van der Waals surface area contributed by atoms with Crippen molar-refractivity contribution in [2.24, 2.45) is 0 Å². The molecular weight excluding hydrogens is 496 g/mol. The highest BCUT2D eigenvalue weighted by Crippen LogP contribution is 2.28. The molecule has 0 amide bonds. The number of nitrogens with zero attached hydrogens (tertiary/aromatic N) is 8. The van der Waals surface area contributed by atoms with Gasteiger partial charge in [0.25, 0.3) is 0 Å². The fourth-order valence-electron chi connectivity index (χ4n) is 3.92. The molecule has 0 saturated carbocycles. The van der Waals surface area contributed by atoms with Crippen molar-refractivity contribution in [2.75, 3.05) is 22.9 Å². The van der Waals surface area contributed by atoms with Gasteiger partial charge in [-0.1, -0.05) is 30.2 Å². The fourth-order valence-corrected chi connectivity index (χ4v) is 3.92. The number of hydrogen-bond acceptors (Lipinski definition) is 8. The maximum absolute atomic E-state index is 9.49. The molecule has 0 unspecified atom stereocenters. The van der Waals surface area contributed by atoms with Crippen LogP contribution in [0.2, 0.25) is 0 Å². The Morgan fingerprint density at radius 3 is 1.25 bits per heavy atom. The summed E-state index contributed by atoms with van der Waals surface area (Å²) in [5, 5.41) is 55.7.